The van der Waals surface area contributed by atoms with Gasteiger partial charge in [-0.05, 0) is 114 Å². The second-order valence-electron chi connectivity index (χ2n) is 17.1. The number of anilines is 3. The van der Waals surface area contributed by atoms with Gasteiger partial charge in [-0.15, -0.1) is 0 Å². The first kappa shape index (κ1) is 44.0. The Balaban J connectivity index is 0.000000193. The number of nitrogens with one attached hydrogen (secondary N) is 4. The van der Waals surface area contributed by atoms with Crippen LogP contribution in [-0.2, 0) is 25.7 Å². The number of hydrogen-bond donors (Lipinski definition) is 4. The molecule has 4 aromatic rings. The Labute approximate surface area is 370 Å². The van der Waals surface area contributed by atoms with Gasteiger partial charge in [0.25, 0.3) is 17.4 Å². The molecule has 334 valence electrons. The first-order valence-corrected chi connectivity index (χ1v) is 22.4. The van der Waals surface area contributed by atoms with Crippen molar-refractivity contribution in [3.63, 3.8) is 0 Å². The lowest BCUT2D eigenvalue weighted by Crippen LogP contribution is -2.52. The van der Waals surface area contributed by atoms with Crippen LogP contribution in [0.5, 0.6) is 5.75 Å². The van der Waals surface area contributed by atoms with Crippen molar-refractivity contribution in [1.29, 1.82) is 0 Å². The van der Waals surface area contributed by atoms with Crippen LogP contribution in [0.3, 0.4) is 0 Å². The van der Waals surface area contributed by atoms with Gasteiger partial charge in [-0.1, -0.05) is 11.6 Å². The Morgan fingerprint density at radius 2 is 1.71 bits per heavy atom. The first-order chi connectivity index (χ1) is 30.4. The number of imide groups is 1. The number of carbonyl (C=O) groups is 4. The van der Waals surface area contributed by atoms with Gasteiger partial charge in [0.15, 0.2) is 18.2 Å². The van der Waals surface area contributed by atoms with Gasteiger partial charge in [0.2, 0.25) is 17.8 Å². The number of pyridine rings is 2. The largest absolute Gasteiger partial charge is 0.478 e. The maximum atomic E-state index is 13.1. The molecule has 7 heterocycles. The molecule has 18 heteroatoms. The molecule has 4 fully saturated rings. The number of halogens is 1. The number of ether oxygens (including phenoxy) is 2. The summed E-state index contributed by atoms with van der Waals surface area (Å²) in [5, 5.41) is 12.7. The van der Waals surface area contributed by atoms with Crippen molar-refractivity contribution in [3.05, 3.63) is 74.9 Å². The van der Waals surface area contributed by atoms with Crippen molar-refractivity contribution in [2.45, 2.75) is 108 Å². The van der Waals surface area contributed by atoms with Gasteiger partial charge in [-0.2, -0.15) is 4.98 Å². The van der Waals surface area contributed by atoms with Crippen LogP contribution in [0.1, 0.15) is 105 Å². The summed E-state index contributed by atoms with van der Waals surface area (Å²) in [6.45, 7) is 7.69. The van der Waals surface area contributed by atoms with E-state index in [1.165, 1.54) is 26.3 Å². The molecule has 63 heavy (non-hydrogen) atoms. The quantitative estimate of drug-likeness (QED) is 0.151. The molecule has 9 rings (SSSR count). The molecule has 3 aromatic heterocycles. The smallest absolute Gasteiger partial charge is 0.293 e. The van der Waals surface area contributed by atoms with Crippen molar-refractivity contribution in [2.24, 2.45) is 0 Å². The number of rotatable bonds is 11. The predicted molar refractivity (Wildman–Crippen MR) is 238 cm³/mol. The highest BCUT2D eigenvalue weighted by molar-refractivity contribution is 6.33. The van der Waals surface area contributed by atoms with Crippen LogP contribution in [0.4, 0.5) is 17.5 Å². The third kappa shape index (κ3) is 9.95. The minimum atomic E-state index is -0.565. The number of nitrogens with zero attached hydrogens (tertiary/aromatic N) is 6. The molecule has 17 nitrogen and oxygen atoms in total. The lowest BCUT2D eigenvalue weighted by Gasteiger charge is -2.36. The van der Waals surface area contributed by atoms with Crippen molar-refractivity contribution in [3.8, 4) is 5.75 Å². The van der Waals surface area contributed by atoms with Crippen molar-refractivity contribution in [2.75, 3.05) is 50.1 Å². The zero-order chi connectivity index (χ0) is 44.2. The average molecular weight is 883 g/mol. The van der Waals surface area contributed by atoms with E-state index in [0.29, 0.717) is 53.4 Å². The van der Waals surface area contributed by atoms with E-state index in [-0.39, 0.29) is 54.0 Å². The van der Waals surface area contributed by atoms with E-state index < -0.39 is 6.04 Å². The number of carbonyl (C=O) groups excluding carboxylic acids is 4. The van der Waals surface area contributed by atoms with Crippen LogP contribution < -0.4 is 36.5 Å². The third-order valence-electron chi connectivity index (χ3n) is 12.5. The van der Waals surface area contributed by atoms with Crippen molar-refractivity contribution >= 4 is 63.6 Å². The molecule has 1 saturated carbocycles. The summed E-state index contributed by atoms with van der Waals surface area (Å²) in [4.78, 5) is 78.2. The Bertz CT molecular complexity index is 2430. The van der Waals surface area contributed by atoms with Crippen LogP contribution in [0, 0.1) is 0 Å². The Morgan fingerprint density at radius 3 is 2.41 bits per heavy atom. The summed E-state index contributed by atoms with van der Waals surface area (Å²) in [6, 6.07) is 8.68. The van der Waals surface area contributed by atoms with Crippen LogP contribution in [0.25, 0.3) is 10.9 Å². The Morgan fingerprint density at radius 1 is 0.952 bits per heavy atom. The molecule has 0 bridgehead atoms. The van der Waals surface area contributed by atoms with E-state index in [2.05, 4.69) is 36.1 Å². The lowest BCUT2D eigenvalue weighted by atomic mass is 9.93. The molecular weight excluding hydrogens is 828 g/mol. The topological polar surface area (TPSA) is 202 Å². The number of benzene rings is 1. The molecule has 1 atom stereocenters. The molecule has 1 unspecified atom stereocenters. The molecule has 4 amide bonds. The van der Waals surface area contributed by atoms with Gasteiger partial charge in [0.1, 0.15) is 11.1 Å². The number of likely N-dealkylation sites (N-methyl/N-ethyl adjacent to an activating group) is 1. The van der Waals surface area contributed by atoms with Gasteiger partial charge < -0.3 is 39.8 Å². The van der Waals surface area contributed by atoms with Gasteiger partial charge in [0, 0.05) is 68.0 Å². The third-order valence-corrected chi connectivity index (χ3v) is 12.8. The van der Waals surface area contributed by atoms with Gasteiger partial charge in [0.05, 0.1) is 29.5 Å². The van der Waals surface area contributed by atoms with E-state index in [1.807, 2.05) is 38.1 Å². The average Bonchev–Trinajstić information content (AvgIpc) is 3.60. The fraction of sp³-hybridized carbons (Fsp3) is 0.511. The summed E-state index contributed by atoms with van der Waals surface area (Å²) >= 11 is 6.47. The van der Waals surface area contributed by atoms with E-state index in [1.54, 1.807) is 27.9 Å². The lowest BCUT2D eigenvalue weighted by molar-refractivity contribution is -0.137. The van der Waals surface area contributed by atoms with Gasteiger partial charge >= 0.3 is 0 Å². The van der Waals surface area contributed by atoms with Crippen LogP contribution in [0.2, 0.25) is 5.02 Å². The minimum absolute atomic E-state index is 0.107. The molecule has 4 N–H and O–H groups in total. The first-order valence-electron chi connectivity index (χ1n) is 22.0. The Hall–Kier alpha value is -5.65. The molecule has 5 aliphatic rings. The molecule has 0 radical (unpaired) electrons. The van der Waals surface area contributed by atoms with Crippen molar-refractivity contribution < 1.29 is 28.7 Å². The highest BCUT2D eigenvalue weighted by Gasteiger charge is 2.39. The maximum Gasteiger partial charge on any atom is 0.293 e. The molecule has 1 aliphatic carbocycles. The summed E-state index contributed by atoms with van der Waals surface area (Å²) in [7, 11) is 1.52. The number of aromatic nitrogens is 4. The summed E-state index contributed by atoms with van der Waals surface area (Å²) < 4.78 is 13.4. The molecule has 0 spiro atoms. The summed E-state index contributed by atoms with van der Waals surface area (Å²) in [5.74, 6) is 0.550. The minimum Gasteiger partial charge on any atom is -0.478 e. The number of piperidine rings is 3. The summed E-state index contributed by atoms with van der Waals surface area (Å²) in [6.07, 6.45) is 12.3. The second kappa shape index (κ2) is 19.4. The normalized spacial score (nSPS) is 19.6. The van der Waals surface area contributed by atoms with Crippen LogP contribution in [-0.4, -0.2) is 106 Å². The number of amides is 4. The van der Waals surface area contributed by atoms with E-state index in [9.17, 15) is 24.0 Å². The fourth-order valence-electron chi connectivity index (χ4n) is 8.76. The van der Waals surface area contributed by atoms with Crippen molar-refractivity contribution in [1.82, 2.24) is 40.4 Å². The van der Waals surface area contributed by atoms with E-state index in [4.69, 9.17) is 26.1 Å². The maximum absolute atomic E-state index is 13.1. The zero-order valence-electron chi connectivity index (χ0n) is 36.0. The second-order valence-corrected chi connectivity index (χ2v) is 17.5. The van der Waals surface area contributed by atoms with E-state index >= 15 is 0 Å². The molecular formula is C45H55ClN10O7. The predicted octanol–water partition coefficient (Wildman–Crippen LogP) is 4.74. The van der Waals surface area contributed by atoms with E-state index in [0.717, 1.165) is 79.7 Å². The monoisotopic (exact) mass is 882 g/mol. The fourth-order valence-corrected chi connectivity index (χ4v) is 8.89. The summed E-state index contributed by atoms with van der Waals surface area (Å²) in [5.41, 5.74) is 3.77. The standard InChI is InChI=1S/C28H35ClN6O4.C17H20N4O3/c1-17(2)35-23-8-7-19(13-18(23)14-24(27(35)37)38-16-25(36)30-3)32-26-22(29)15-31-28(33-26)34-11-9-21(10-12-34)39-20-5-4-6-20;22-15-2-1-14(16(23)20-15)21-9-11-7-13(10-3-5-18-6-4-10)19-8-12(11)17(21)24/h7-8,13-15,17,20-21H,4-6,9-12,16H2,1-3H3,(H,30,36)(H,31,32,33);7-8,10,14,18H,1-6,9H2,(H,20,22,23). The Kier molecular flexibility index (Phi) is 13.5. The highest BCUT2D eigenvalue weighted by Crippen LogP contribution is 2.33. The highest BCUT2D eigenvalue weighted by atomic mass is 35.5. The zero-order valence-corrected chi connectivity index (χ0v) is 36.7. The van der Waals surface area contributed by atoms with Gasteiger partial charge in [-0.25, -0.2) is 4.98 Å². The molecule has 1 aromatic carbocycles. The molecule has 4 aliphatic heterocycles. The SMILES string of the molecule is CNC(=O)COc1cc2cc(Nc3nc(N4CCC(OC5CCC5)CC4)ncc3Cl)ccc2n(C(C)C)c1=O.O=C1CCC(N2Cc3cc(C4CCNCC4)ncc3C2=O)C(=O)N1. The number of fused-ring (bicyclic) bond motifs is 2. The van der Waals surface area contributed by atoms with Crippen LogP contribution >= 0.6 is 11.6 Å². The number of hydrogen-bond acceptors (Lipinski definition) is 13. The van der Waals surface area contributed by atoms with Crippen LogP contribution in [0.15, 0.2) is 47.5 Å². The van der Waals surface area contributed by atoms with Gasteiger partial charge in [-0.3, -0.25) is 34.3 Å². The molecule has 3 saturated heterocycles.